The van der Waals surface area contributed by atoms with Crippen LogP contribution in [0.4, 0.5) is 30.7 Å². The molecule has 0 aromatic heterocycles. The van der Waals surface area contributed by atoms with Crippen LogP contribution in [0.3, 0.4) is 0 Å². The topological polar surface area (TPSA) is 71.4 Å². The SMILES string of the molecule is CCc1c(C(=O)O)ccc(C(F)(C(F)(F)F)C(F)(F)F)c1S(C)(=O)=O. The molecule has 0 unspecified atom stereocenters. The average molecular weight is 396 g/mol. The molecule has 0 aliphatic carbocycles. The second-order valence-electron chi connectivity index (χ2n) is 5.05. The molecule has 0 aliphatic rings. The van der Waals surface area contributed by atoms with Crippen LogP contribution in [0.1, 0.15) is 28.4 Å². The lowest BCUT2D eigenvalue weighted by molar-refractivity contribution is -0.349. The van der Waals surface area contributed by atoms with Gasteiger partial charge in [-0.05, 0) is 18.1 Å². The third-order valence-electron chi connectivity index (χ3n) is 3.37. The molecule has 0 saturated carbocycles. The van der Waals surface area contributed by atoms with Gasteiger partial charge in [-0.15, -0.1) is 0 Å². The number of hydrogen-bond donors (Lipinski definition) is 1. The highest BCUT2D eigenvalue weighted by Gasteiger charge is 2.74. The molecular weight excluding hydrogens is 385 g/mol. The summed E-state index contributed by atoms with van der Waals surface area (Å²) in [5.74, 6) is -1.78. The minimum Gasteiger partial charge on any atom is -0.478 e. The fourth-order valence-electron chi connectivity index (χ4n) is 2.34. The molecular formula is C13H11F7O4S. The summed E-state index contributed by atoms with van der Waals surface area (Å²) in [6.45, 7) is 1.11. The predicted molar refractivity (Wildman–Crippen MR) is 70.8 cm³/mol. The van der Waals surface area contributed by atoms with E-state index in [1.807, 2.05) is 0 Å². The van der Waals surface area contributed by atoms with Gasteiger partial charge in [0.1, 0.15) is 0 Å². The van der Waals surface area contributed by atoms with Gasteiger partial charge in [0.05, 0.1) is 10.5 Å². The fourth-order valence-corrected chi connectivity index (χ4v) is 3.65. The van der Waals surface area contributed by atoms with Crippen molar-refractivity contribution in [1.82, 2.24) is 0 Å². The van der Waals surface area contributed by atoms with Crippen molar-refractivity contribution in [2.24, 2.45) is 0 Å². The van der Waals surface area contributed by atoms with Crippen LogP contribution >= 0.6 is 0 Å². The molecule has 0 radical (unpaired) electrons. The summed E-state index contributed by atoms with van der Waals surface area (Å²) < 4.78 is 116. The van der Waals surface area contributed by atoms with Gasteiger partial charge in [0, 0.05) is 11.8 Å². The molecule has 1 aromatic carbocycles. The summed E-state index contributed by atoms with van der Waals surface area (Å²) in [7, 11) is -4.84. The highest BCUT2D eigenvalue weighted by molar-refractivity contribution is 7.90. The molecule has 0 bridgehead atoms. The van der Waals surface area contributed by atoms with Crippen LogP contribution in [-0.2, 0) is 21.9 Å². The molecule has 0 heterocycles. The van der Waals surface area contributed by atoms with E-state index in [2.05, 4.69) is 0 Å². The Morgan fingerprint density at radius 2 is 1.48 bits per heavy atom. The van der Waals surface area contributed by atoms with Crippen molar-refractivity contribution in [3.63, 3.8) is 0 Å². The van der Waals surface area contributed by atoms with Crippen molar-refractivity contribution >= 4 is 15.8 Å². The summed E-state index contributed by atoms with van der Waals surface area (Å²) >= 11 is 0. The molecule has 0 atom stereocenters. The Bertz CT molecular complexity index is 780. The van der Waals surface area contributed by atoms with E-state index in [4.69, 9.17) is 5.11 Å². The Balaban J connectivity index is 4.16. The zero-order chi connectivity index (χ0) is 20.0. The number of carboxylic acids is 1. The highest BCUT2D eigenvalue weighted by Crippen LogP contribution is 2.55. The molecule has 0 saturated heterocycles. The molecule has 0 amide bonds. The van der Waals surface area contributed by atoms with Crippen LogP contribution < -0.4 is 0 Å². The molecule has 142 valence electrons. The molecule has 1 rings (SSSR count). The van der Waals surface area contributed by atoms with Gasteiger partial charge in [0.2, 0.25) is 0 Å². The number of hydrogen-bond acceptors (Lipinski definition) is 3. The van der Waals surface area contributed by atoms with E-state index < -0.39 is 61.8 Å². The molecule has 1 N–H and O–H groups in total. The van der Waals surface area contributed by atoms with Crippen LogP contribution in [0.25, 0.3) is 0 Å². The number of alkyl halides is 7. The van der Waals surface area contributed by atoms with Crippen molar-refractivity contribution in [1.29, 1.82) is 0 Å². The van der Waals surface area contributed by atoms with Crippen LogP contribution in [0, 0.1) is 0 Å². The summed E-state index contributed by atoms with van der Waals surface area (Å²) in [5, 5.41) is 8.97. The van der Waals surface area contributed by atoms with Crippen LogP contribution in [0.5, 0.6) is 0 Å². The van der Waals surface area contributed by atoms with E-state index in [1.165, 1.54) is 0 Å². The maximum atomic E-state index is 14.3. The molecule has 0 aliphatic heterocycles. The van der Waals surface area contributed by atoms with Gasteiger partial charge >= 0.3 is 24.0 Å². The first-order valence-corrected chi connectivity index (χ1v) is 8.31. The monoisotopic (exact) mass is 396 g/mol. The largest absolute Gasteiger partial charge is 0.478 e. The summed E-state index contributed by atoms with van der Waals surface area (Å²) in [6, 6.07) is 0.205. The lowest BCUT2D eigenvalue weighted by Gasteiger charge is -2.32. The van der Waals surface area contributed by atoms with Gasteiger partial charge in [-0.2, -0.15) is 26.3 Å². The smallest absolute Gasteiger partial charge is 0.435 e. The average Bonchev–Trinajstić information content (AvgIpc) is 2.40. The normalized spacial score (nSPS) is 13.8. The predicted octanol–water partition coefficient (Wildman–Crippen LogP) is 3.64. The van der Waals surface area contributed by atoms with E-state index in [0.29, 0.717) is 6.07 Å². The maximum Gasteiger partial charge on any atom is 0.435 e. The summed E-state index contributed by atoms with van der Waals surface area (Å²) in [6.07, 6.45) is -13.3. The molecule has 12 heteroatoms. The quantitative estimate of drug-likeness (QED) is 0.789. The van der Waals surface area contributed by atoms with Crippen molar-refractivity contribution in [2.45, 2.75) is 36.3 Å². The Kier molecular flexibility index (Phi) is 5.21. The van der Waals surface area contributed by atoms with Gasteiger partial charge in [0.15, 0.2) is 9.84 Å². The second kappa shape index (κ2) is 6.15. The molecule has 1 aromatic rings. The van der Waals surface area contributed by atoms with Crippen LogP contribution in [0.2, 0.25) is 0 Å². The number of sulfone groups is 1. The number of carboxylic acid groups (broad SMARTS) is 1. The minimum atomic E-state index is -6.53. The van der Waals surface area contributed by atoms with Crippen molar-refractivity contribution in [2.75, 3.05) is 6.26 Å². The Morgan fingerprint density at radius 1 is 1.04 bits per heavy atom. The van der Waals surface area contributed by atoms with E-state index in [1.54, 1.807) is 0 Å². The third kappa shape index (κ3) is 3.44. The van der Waals surface area contributed by atoms with Crippen molar-refractivity contribution in [3.05, 3.63) is 28.8 Å². The Morgan fingerprint density at radius 3 is 1.76 bits per heavy atom. The Hall–Kier alpha value is -1.85. The first-order chi connectivity index (χ1) is 11.0. The zero-order valence-electron chi connectivity index (χ0n) is 12.6. The standard InChI is InChI=1S/C13H11F7O4S/c1-3-6-7(10(21)22)4-5-8(9(6)25(2,23)24)11(14,12(15,16)17)13(18,19)20/h4-5H,3H2,1-2H3,(H,21,22). The van der Waals surface area contributed by atoms with Gasteiger partial charge in [0.25, 0.3) is 0 Å². The van der Waals surface area contributed by atoms with Crippen molar-refractivity contribution in [3.8, 4) is 0 Å². The van der Waals surface area contributed by atoms with Crippen molar-refractivity contribution < 1.29 is 49.1 Å². The first-order valence-electron chi connectivity index (χ1n) is 6.42. The summed E-state index contributed by atoms with van der Waals surface area (Å²) in [5.41, 5.74) is -9.88. The second-order valence-corrected chi connectivity index (χ2v) is 7.01. The number of aromatic carboxylic acids is 1. The van der Waals surface area contributed by atoms with E-state index in [9.17, 15) is 43.9 Å². The van der Waals surface area contributed by atoms with E-state index in [0.717, 1.165) is 6.92 Å². The van der Waals surface area contributed by atoms with Gasteiger partial charge in [-0.25, -0.2) is 17.6 Å². The molecule has 25 heavy (non-hydrogen) atoms. The number of benzene rings is 1. The minimum absolute atomic E-state index is 0.111. The van der Waals surface area contributed by atoms with E-state index in [-0.39, 0.29) is 12.3 Å². The lowest BCUT2D eigenvalue weighted by atomic mass is 9.90. The Labute approximate surface area is 137 Å². The van der Waals surface area contributed by atoms with Gasteiger partial charge in [-0.1, -0.05) is 13.0 Å². The van der Waals surface area contributed by atoms with Gasteiger partial charge in [-0.3, -0.25) is 0 Å². The number of rotatable bonds is 4. The third-order valence-corrected chi connectivity index (χ3v) is 4.58. The van der Waals surface area contributed by atoms with Gasteiger partial charge < -0.3 is 5.11 Å². The molecule has 0 fully saturated rings. The molecule has 0 spiro atoms. The lowest BCUT2D eigenvalue weighted by Crippen LogP contribution is -2.51. The first kappa shape index (κ1) is 21.2. The highest BCUT2D eigenvalue weighted by atomic mass is 32.2. The maximum absolute atomic E-state index is 14.3. The number of carbonyl (C=O) groups is 1. The number of halogens is 7. The summed E-state index contributed by atoms with van der Waals surface area (Å²) in [4.78, 5) is 9.45. The zero-order valence-corrected chi connectivity index (χ0v) is 13.4. The molecule has 4 nitrogen and oxygen atoms in total. The van der Waals surface area contributed by atoms with E-state index >= 15 is 0 Å². The van der Waals surface area contributed by atoms with Crippen LogP contribution in [0.15, 0.2) is 17.0 Å². The van der Waals surface area contributed by atoms with Crippen LogP contribution in [-0.4, -0.2) is 38.1 Å². The fraction of sp³-hybridized carbons (Fsp3) is 0.462.